The lowest BCUT2D eigenvalue weighted by molar-refractivity contribution is 0.210. The Morgan fingerprint density at radius 1 is 1.54 bits per heavy atom. The third-order valence-corrected chi connectivity index (χ3v) is 1.90. The van der Waals surface area contributed by atoms with Crippen LogP contribution in [0, 0.1) is 0 Å². The number of ether oxygens (including phenoxy) is 1. The van der Waals surface area contributed by atoms with Crippen LogP contribution in [0.4, 0.5) is 0 Å². The maximum absolute atomic E-state index is 5.37. The number of hydrogen-bond acceptors (Lipinski definition) is 4. The highest BCUT2D eigenvalue weighted by Gasteiger charge is 2.16. The van der Waals surface area contributed by atoms with Gasteiger partial charge < -0.3 is 10.1 Å². The van der Waals surface area contributed by atoms with Crippen LogP contribution in [0.15, 0.2) is 18.6 Å². The molecule has 1 atom stereocenters. The summed E-state index contributed by atoms with van der Waals surface area (Å²) < 4.78 is 5.37. The van der Waals surface area contributed by atoms with Crippen LogP contribution in [0.3, 0.4) is 0 Å². The normalized spacial score (nSPS) is 19.8. The number of aromatic nitrogens is 2. The zero-order chi connectivity index (χ0) is 8.23. The summed E-state index contributed by atoms with van der Waals surface area (Å²) in [5.74, 6) is 0.603. The second-order valence-corrected chi connectivity index (χ2v) is 2.79. The van der Waals surface area contributed by atoms with Gasteiger partial charge in [0, 0.05) is 18.4 Å². The Bertz CT molecular complexity index is 240. The fourth-order valence-electron chi connectivity index (χ4n) is 1.04. The minimum atomic E-state index is 0. The summed E-state index contributed by atoms with van der Waals surface area (Å²) in [4.78, 5) is 7.90. The highest BCUT2D eigenvalue weighted by molar-refractivity contribution is 5.85. The van der Waals surface area contributed by atoms with Crippen molar-refractivity contribution in [1.29, 1.82) is 0 Å². The van der Waals surface area contributed by atoms with Crippen LogP contribution in [0.1, 0.15) is 6.42 Å². The average Bonchev–Trinajstić information content (AvgIpc) is 2.04. The Kier molecular flexibility index (Phi) is 3.92. The molecule has 2 heterocycles. The maximum atomic E-state index is 5.37. The summed E-state index contributed by atoms with van der Waals surface area (Å²) >= 11 is 0. The van der Waals surface area contributed by atoms with E-state index in [1.807, 2.05) is 0 Å². The summed E-state index contributed by atoms with van der Waals surface area (Å²) in [6, 6.07) is 0.506. The van der Waals surface area contributed by atoms with Gasteiger partial charge in [-0.05, 0) is 13.0 Å². The van der Waals surface area contributed by atoms with Gasteiger partial charge in [0.2, 0.25) is 5.88 Å². The van der Waals surface area contributed by atoms with Crippen molar-refractivity contribution in [3.05, 3.63) is 18.6 Å². The highest BCUT2D eigenvalue weighted by atomic mass is 35.5. The molecule has 1 aliphatic rings. The van der Waals surface area contributed by atoms with Gasteiger partial charge in [-0.1, -0.05) is 0 Å². The van der Waals surface area contributed by atoms with E-state index in [9.17, 15) is 0 Å². The zero-order valence-corrected chi connectivity index (χ0v) is 7.96. The maximum Gasteiger partial charge on any atom is 0.232 e. The molecule has 0 unspecified atom stereocenters. The van der Waals surface area contributed by atoms with Gasteiger partial charge in [0.15, 0.2) is 0 Å². The lowest BCUT2D eigenvalue weighted by Crippen LogP contribution is -2.46. The number of nitrogens with one attached hydrogen (secondary N) is 1. The fraction of sp³-hybridized carbons (Fsp3) is 0.500. The summed E-state index contributed by atoms with van der Waals surface area (Å²) in [5.41, 5.74) is 0. The molecule has 4 nitrogen and oxygen atoms in total. The molecule has 0 saturated carbocycles. The van der Waals surface area contributed by atoms with Crippen LogP contribution in [0.5, 0.6) is 5.88 Å². The molecule has 1 aliphatic heterocycles. The third-order valence-electron chi connectivity index (χ3n) is 1.90. The van der Waals surface area contributed by atoms with Crippen molar-refractivity contribution in [3.63, 3.8) is 0 Å². The van der Waals surface area contributed by atoms with Gasteiger partial charge >= 0.3 is 0 Å². The number of hydrogen-bond donors (Lipinski definition) is 1. The van der Waals surface area contributed by atoms with E-state index in [1.54, 1.807) is 18.6 Å². The number of nitrogens with zero attached hydrogens (tertiary/aromatic N) is 2. The first-order valence-corrected chi connectivity index (χ1v) is 4.07. The summed E-state index contributed by atoms with van der Waals surface area (Å²) in [5, 5.41) is 3.24. The molecule has 1 N–H and O–H groups in total. The van der Waals surface area contributed by atoms with Gasteiger partial charge in [0.05, 0.1) is 6.20 Å². The van der Waals surface area contributed by atoms with E-state index < -0.39 is 0 Å². The molecule has 0 spiro atoms. The predicted octanol–water partition coefficient (Wildman–Crippen LogP) is 0.639. The summed E-state index contributed by atoms with van der Waals surface area (Å²) in [6.07, 6.45) is 6.08. The van der Waals surface area contributed by atoms with Crippen molar-refractivity contribution in [1.82, 2.24) is 15.3 Å². The van der Waals surface area contributed by atoms with E-state index in [0.717, 1.165) is 6.54 Å². The first kappa shape index (κ1) is 10.2. The number of rotatable bonds is 3. The molecule has 2 rings (SSSR count). The molecule has 0 aliphatic carbocycles. The molecular weight excluding hydrogens is 190 g/mol. The second kappa shape index (κ2) is 4.99. The third kappa shape index (κ3) is 2.82. The van der Waals surface area contributed by atoms with Crippen LogP contribution in [-0.2, 0) is 0 Å². The van der Waals surface area contributed by atoms with Crippen molar-refractivity contribution in [2.75, 3.05) is 13.2 Å². The van der Waals surface area contributed by atoms with Gasteiger partial charge in [-0.15, -0.1) is 12.4 Å². The molecular formula is C8H12ClN3O. The lowest BCUT2D eigenvalue weighted by Gasteiger charge is -2.26. The quantitative estimate of drug-likeness (QED) is 0.780. The smallest absolute Gasteiger partial charge is 0.232 e. The molecule has 1 saturated heterocycles. The average molecular weight is 202 g/mol. The Morgan fingerprint density at radius 2 is 2.38 bits per heavy atom. The molecule has 0 bridgehead atoms. The molecule has 13 heavy (non-hydrogen) atoms. The Morgan fingerprint density at radius 3 is 2.92 bits per heavy atom. The van der Waals surface area contributed by atoms with Gasteiger partial charge in [-0.2, -0.15) is 0 Å². The Balaban J connectivity index is 0.000000845. The lowest BCUT2D eigenvalue weighted by atomic mass is 10.1. The summed E-state index contributed by atoms with van der Waals surface area (Å²) in [6.45, 7) is 1.80. The highest BCUT2D eigenvalue weighted by Crippen LogP contribution is 2.06. The Labute approximate surface area is 83.1 Å². The van der Waals surface area contributed by atoms with E-state index in [4.69, 9.17) is 4.74 Å². The van der Waals surface area contributed by atoms with Crippen molar-refractivity contribution in [3.8, 4) is 5.88 Å². The van der Waals surface area contributed by atoms with E-state index in [-0.39, 0.29) is 12.4 Å². The topological polar surface area (TPSA) is 47.0 Å². The molecule has 1 aromatic heterocycles. The molecule has 1 fully saturated rings. The largest absolute Gasteiger partial charge is 0.475 e. The minimum Gasteiger partial charge on any atom is -0.475 e. The monoisotopic (exact) mass is 201 g/mol. The Hall–Kier alpha value is -0.870. The molecule has 5 heteroatoms. The second-order valence-electron chi connectivity index (χ2n) is 2.79. The first-order chi connectivity index (χ1) is 5.95. The van der Waals surface area contributed by atoms with Crippen LogP contribution in [0.2, 0.25) is 0 Å². The molecule has 0 amide bonds. The number of halogens is 1. The molecule has 72 valence electrons. The van der Waals surface area contributed by atoms with Gasteiger partial charge in [0.1, 0.15) is 6.61 Å². The molecule has 0 aromatic carbocycles. The fourth-order valence-corrected chi connectivity index (χ4v) is 1.04. The van der Waals surface area contributed by atoms with E-state index in [1.165, 1.54) is 6.42 Å². The van der Waals surface area contributed by atoms with Gasteiger partial charge in [-0.3, -0.25) is 4.98 Å². The van der Waals surface area contributed by atoms with E-state index >= 15 is 0 Å². The predicted molar refractivity (Wildman–Crippen MR) is 51.2 cm³/mol. The first-order valence-electron chi connectivity index (χ1n) is 4.07. The van der Waals surface area contributed by atoms with Crippen LogP contribution in [-0.4, -0.2) is 29.2 Å². The molecule has 0 radical (unpaired) electrons. The van der Waals surface area contributed by atoms with E-state index in [0.29, 0.717) is 18.5 Å². The van der Waals surface area contributed by atoms with E-state index in [2.05, 4.69) is 15.3 Å². The van der Waals surface area contributed by atoms with Gasteiger partial charge in [0.25, 0.3) is 0 Å². The van der Waals surface area contributed by atoms with Gasteiger partial charge in [-0.25, -0.2) is 4.98 Å². The zero-order valence-electron chi connectivity index (χ0n) is 7.14. The van der Waals surface area contributed by atoms with Crippen molar-refractivity contribution < 1.29 is 4.74 Å². The standard InChI is InChI=1S/C8H11N3O.ClH/c1-2-10-7(1)6-12-8-5-9-3-4-11-8;/h3-5,7,10H,1-2,6H2;1H/t7-;/m0./s1. The SMILES string of the molecule is Cl.c1cnc(OC[C@@H]2CCN2)cn1. The van der Waals surface area contributed by atoms with Crippen molar-refractivity contribution in [2.24, 2.45) is 0 Å². The van der Waals surface area contributed by atoms with Crippen molar-refractivity contribution >= 4 is 12.4 Å². The van der Waals surface area contributed by atoms with Crippen LogP contribution in [0.25, 0.3) is 0 Å². The van der Waals surface area contributed by atoms with Crippen LogP contribution >= 0.6 is 12.4 Å². The minimum absolute atomic E-state index is 0. The van der Waals surface area contributed by atoms with Crippen molar-refractivity contribution in [2.45, 2.75) is 12.5 Å². The molecule has 1 aromatic rings. The summed E-state index contributed by atoms with van der Waals surface area (Å²) in [7, 11) is 0. The van der Waals surface area contributed by atoms with Crippen LogP contribution < -0.4 is 10.1 Å².